The number of halogens is 1. The molecule has 0 saturated carbocycles. The number of benzene rings is 1. The summed E-state index contributed by atoms with van der Waals surface area (Å²) in [5.41, 5.74) is 1.27. The van der Waals surface area contributed by atoms with Crippen LogP contribution < -0.4 is 4.90 Å². The molecule has 2 heterocycles. The Morgan fingerprint density at radius 1 is 1.26 bits per heavy atom. The predicted molar refractivity (Wildman–Crippen MR) is 73.0 cm³/mol. The Hall–Kier alpha value is -1.72. The van der Waals surface area contributed by atoms with Gasteiger partial charge in [0.1, 0.15) is 12.1 Å². The average Bonchev–Trinajstić information content (AvgIpc) is 2.46. The average molecular weight is 278 g/mol. The number of hydrogen-bond donors (Lipinski definition) is 0. The molecule has 0 atom stereocenters. The first kappa shape index (κ1) is 12.3. The molecule has 3 rings (SSSR count). The van der Waals surface area contributed by atoms with Crippen molar-refractivity contribution in [3.63, 3.8) is 0 Å². The van der Waals surface area contributed by atoms with Gasteiger partial charge < -0.3 is 9.64 Å². The SMILES string of the molecule is O=Cc1ccc2c(N3CCOCC3)nc(Cl)nc2c1. The van der Waals surface area contributed by atoms with E-state index in [9.17, 15) is 4.79 Å². The Morgan fingerprint density at radius 3 is 2.79 bits per heavy atom. The van der Waals surface area contributed by atoms with Gasteiger partial charge in [-0.3, -0.25) is 4.79 Å². The molecule has 98 valence electrons. The van der Waals surface area contributed by atoms with E-state index in [1.165, 1.54) is 0 Å². The number of fused-ring (bicyclic) bond motifs is 1. The summed E-state index contributed by atoms with van der Waals surface area (Å²) in [6.07, 6.45) is 0.795. The number of ether oxygens (including phenoxy) is 1. The summed E-state index contributed by atoms with van der Waals surface area (Å²) in [6.45, 7) is 2.90. The maximum absolute atomic E-state index is 10.8. The van der Waals surface area contributed by atoms with Gasteiger partial charge in [-0.15, -0.1) is 0 Å². The predicted octanol–water partition coefficient (Wildman–Crippen LogP) is 1.93. The summed E-state index contributed by atoms with van der Waals surface area (Å²) in [6, 6.07) is 5.34. The molecule has 1 aliphatic rings. The van der Waals surface area contributed by atoms with E-state index >= 15 is 0 Å². The molecule has 0 aliphatic carbocycles. The molecule has 0 amide bonds. The van der Waals surface area contributed by atoms with Gasteiger partial charge in [0.25, 0.3) is 0 Å². The van der Waals surface area contributed by atoms with Gasteiger partial charge in [-0.2, -0.15) is 4.98 Å². The third-order valence-electron chi connectivity index (χ3n) is 3.12. The summed E-state index contributed by atoms with van der Waals surface area (Å²) < 4.78 is 5.34. The molecule has 1 aromatic heterocycles. The van der Waals surface area contributed by atoms with Crippen LogP contribution in [-0.4, -0.2) is 42.6 Å². The number of hydrogen-bond acceptors (Lipinski definition) is 5. The van der Waals surface area contributed by atoms with E-state index in [1.54, 1.807) is 12.1 Å². The first-order valence-corrected chi connectivity index (χ1v) is 6.41. The Labute approximate surface area is 115 Å². The highest BCUT2D eigenvalue weighted by molar-refractivity contribution is 6.28. The lowest BCUT2D eigenvalue weighted by molar-refractivity contribution is 0.112. The van der Waals surface area contributed by atoms with Crippen LogP contribution in [0.15, 0.2) is 18.2 Å². The van der Waals surface area contributed by atoms with E-state index in [1.807, 2.05) is 6.07 Å². The quantitative estimate of drug-likeness (QED) is 0.620. The summed E-state index contributed by atoms with van der Waals surface area (Å²) in [7, 11) is 0. The number of nitrogens with zero attached hydrogens (tertiary/aromatic N) is 3. The monoisotopic (exact) mass is 277 g/mol. The molecule has 0 N–H and O–H groups in total. The van der Waals surface area contributed by atoms with Crippen LogP contribution in [-0.2, 0) is 4.74 Å². The lowest BCUT2D eigenvalue weighted by Gasteiger charge is -2.28. The molecule has 0 spiro atoms. The van der Waals surface area contributed by atoms with Crippen LogP contribution in [0.4, 0.5) is 5.82 Å². The third kappa shape index (κ3) is 2.39. The van der Waals surface area contributed by atoms with E-state index in [0.29, 0.717) is 24.3 Å². The van der Waals surface area contributed by atoms with Crippen LogP contribution in [0.25, 0.3) is 10.9 Å². The minimum absolute atomic E-state index is 0.192. The lowest BCUT2D eigenvalue weighted by atomic mass is 10.1. The molecule has 5 nitrogen and oxygen atoms in total. The fourth-order valence-corrected chi connectivity index (χ4v) is 2.36. The van der Waals surface area contributed by atoms with E-state index in [-0.39, 0.29) is 5.28 Å². The molecule has 0 radical (unpaired) electrons. The molecule has 0 bridgehead atoms. The number of morpholine rings is 1. The first-order chi connectivity index (χ1) is 9.28. The van der Waals surface area contributed by atoms with Crippen molar-refractivity contribution < 1.29 is 9.53 Å². The smallest absolute Gasteiger partial charge is 0.224 e. The number of aromatic nitrogens is 2. The maximum atomic E-state index is 10.8. The molecule has 0 unspecified atom stereocenters. The second-order valence-electron chi connectivity index (χ2n) is 4.31. The number of carbonyl (C=O) groups is 1. The molecule has 6 heteroatoms. The summed E-state index contributed by atoms with van der Waals surface area (Å²) in [5, 5.41) is 1.09. The summed E-state index contributed by atoms with van der Waals surface area (Å²) in [5.74, 6) is 0.802. The Bertz CT molecular complexity index is 627. The van der Waals surface area contributed by atoms with Gasteiger partial charge in [-0.25, -0.2) is 4.98 Å². The molecule has 1 saturated heterocycles. The van der Waals surface area contributed by atoms with E-state index < -0.39 is 0 Å². The van der Waals surface area contributed by atoms with Gasteiger partial charge in [-0.1, -0.05) is 6.07 Å². The van der Waals surface area contributed by atoms with Crippen molar-refractivity contribution in [3.8, 4) is 0 Å². The van der Waals surface area contributed by atoms with Crippen molar-refractivity contribution in [1.29, 1.82) is 0 Å². The molecular formula is C13H12ClN3O2. The first-order valence-electron chi connectivity index (χ1n) is 6.03. The molecule has 1 fully saturated rings. The van der Waals surface area contributed by atoms with Crippen LogP contribution in [0.1, 0.15) is 10.4 Å². The van der Waals surface area contributed by atoms with E-state index in [4.69, 9.17) is 16.3 Å². The van der Waals surface area contributed by atoms with E-state index in [0.717, 1.165) is 30.6 Å². The van der Waals surface area contributed by atoms with Crippen LogP contribution >= 0.6 is 11.6 Å². The number of rotatable bonds is 2. The van der Waals surface area contributed by atoms with Gasteiger partial charge in [0, 0.05) is 24.0 Å². The Kier molecular flexibility index (Phi) is 3.31. The highest BCUT2D eigenvalue weighted by Gasteiger charge is 2.17. The second kappa shape index (κ2) is 5.11. The fraction of sp³-hybridized carbons (Fsp3) is 0.308. The van der Waals surface area contributed by atoms with Crippen molar-refractivity contribution in [3.05, 3.63) is 29.0 Å². The van der Waals surface area contributed by atoms with Crippen molar-refractivity contribution in [2.24, 2.45) is 0 Å². The van der Waals surface area contributed by atoms with Crippen molar-refractivity contribution in [2.75, 3.05) is 31.2 Å². The number of carbonyl (C=O) groups excluding carboxylic acids is 1. The van der Waals surface area contributed by atoms with Crippen molar-refractivity contribution >= 4 is 34.6 Å². The van der Waals surface area contributed by atoms with Gasteiger partial charge >= 0.3 is 0 Å². The van der Waals surface area contributed by atoms with Crippen molar-refractivity contribution in [1.82, 2.24) is 9.97 Å². The minimum atomic E-state index is 0.192. The summed E-state index contributed by atoms with van der Waals surface area (Å²) in [4.78, 5) is 21.4. The topological polar surface area (TPSA) is 55.3 Å². The molecule has 1 aliphatic heterocycles. The van der Waals surface area contributed by atoms with Gasteiger partial charge in [0.05, 0.1) is 18.7 Å². The van der Waals surface area contributed by atoms with Crippen LogP contribution in [0.5, 0.6) is 0 Å². The molecule has 2 aromatic rings. The van der Waals surface area contributed by atoms with Crippen molar-refractivity contribution in [2.45, 2.75) is 0 Å². The lowest BCUT2D eigenvalue weighted by Crippen LogP contribution is -2.37. The van der Waals surface area contributed by atoms with Crippen LogP contribution in [0.2, 0.25) is 5.28 Å². The molecule has 19 heavy (non-hydrogen) atoms. The standard InChI is InChI=1S/C13H12ClN3O2/c14-13-15-11-7-9(8-18)1-2-10(11)12(16-13)17-3-5-19-6-4-17/h1-2,7-8H,3-6H2. The molecule has 1 aromatic carbocycles. The van der Waals surface area contributed by atoms with Gasteiger partial charge in [0.2, 0.25) is 5.28 Å². The Balaban J connectivity index is 2.14. The normalized spacial score (nSPS) is 15.7. The largest absolute Gasteiger partial charge is 0.378 e. The fourth-order valence-electron chi connectivity index (χ4n) is 2.19. The summed E-state index contributed by atoms with van der Waals surface area (Å²) >= 11 is 5.97. The maximum Gasteiger partial charge on any atom is 0.224 e. The van der Waals surface area contributed by atoms with Crippen LogP contribution in [0.3, 0.4) is 0 Å². The van der Waals surface area contributed by atoms with Gasteiger partial charge in [-0.05, 0) is 23.7 Å². The third-order valence-corrected chi connectivity index (χ3v) is 3.29. The van der Waals surface area contributed by atoms with Gasteiger partial charge in [0.15, 0.2) is 0 Å². The highest BCUT2D eigenvalue weighted by atomic mass is 35.5. The highest BCUT2D eigenvalue weighted by Crippen LogP contribution is 2.26. The molecular weight excluding hydrogens is 266 g/mol. The zero-order valence-electron chi connectivity index (χ0n) is 10.2. The van der Waals surface area contributed by atoms with E-state index in [2.05, 4.69) is 14.9 Å². The number of anilines is 1. The number of aldehydes is 1. The second-order valence-corrected chi connectivity index (χ2v) is 4.65. The zero-order valence-corrected chi connectivity index (χ0v) is 10.9. The minimum Gasteiger partial charge on any atom is -0.378 e. The van der Waals surface area contributed by atoms with Crippen LogP contribution in [0, 0.1) is 0 Å². The Morgan fingerprint density at radius 2 is 2.05 bits per heavy atom. The zero-order chi connectivity index (χ0) is 13.2.